The van der Waals surface area contributed by atoms with E-state index in [2.05, 4.69) is 10.6 Å². The predicted octanol–water partition coefficient (Wildman–Crippen LogP) is 3.16. The molecule has 0 saturated heterocycles. The number of nitrogens with one attached hydrogen (secondary N) is 2. The Morgan fingerprint density at radius 2 is 1.78 bits per heavy atom. The van der Waals surface area contributed by atoms with Gasteiger partial charge in [0.15, 0.2) is 0 Å². The fourth-order valence-corrected chi connectivity index (χ4v) is 4.75. The normalized spacial score (nSPS) is 12.9. The molecule has 3 aromatic rings. The van der Waals surface area contributed by atoms with Crippen molar-refractivity contribution in [2.75, 3.05) is 11.9 Å². The van der Waals surface area contributed by atoms with Crippen molar-refractivity contribution in [2.24, 2.45) is 5.14 Å². The molecule has 164 valence electrons. The van der Waals surface area contributed by atoms with Crippen LogP contribution >= 0.6 is 11.8 Å². The maximum absolute atomic E-state index is 13.6. The minimum absolute atomic E-state index is 0.0278. The van der Waals surface area contributed by atoms with Crippen LogP contribution in [0.3, 0.4) is 0 Å². The Balaban J connectivity index is 1.42. The number of nitrogens with two attached hydrogens (primary N) is 1. The number of fused-ring (bicyclic) bond motifs is 2. The third-order valence-corrected chi connectivity index (χ3v) is 6.91. The summed E-state index contributed by atoms with van der Waals surface area (Å²) >= 11 is 1.25. The van der Waals surface area contributed by atoms with Gasteiger partial charge in [0.2, 0.25) is 10.0 Å². The van der Waals surface area contributed by atoms with Crippen molar-refractivity contribution in [3.8, 4) is 0 Å². The molecule has 1 aliphatic rings. The Bertz CT molecular complexity index is 1330. The van der Waals surface area contributed by atoms with Crippen LogP contribution in [0, 0.1) is 5.82 Å². The van der Waals surface area contributed by atoms with Crippen molar-refractivity contribution >= 4 is 39.3 Å². The lowest BCUT2D eigenvalue weighted by Gasteiger charge is -2.10. The van der Waals surface area contributed by atoms with E-state index in [1.165, 1.54) is 42.1 Å². The number of primary sulfonamides is 1. The largest absolute Gasteiger partial charge is 0.352 e. The lowest BCUT2D eigenvalue weighted by atomic mass is 10.1. The van der Waals surface area contributed by atoms with E-state index >= 15 is 0 Å². The zero-order chi connectivity index (χ0) is 22.9. The highest BCUT2D eigenvalue weighted by Gasteiger charge is 2.21. The first-order valence-electron chi connectivity index (χ1n) is 9.53. The van der Waals surface area contributed by atoms with Gasteiger partial charge in [-0.25, -0.2) is 17.9 Å². The molecular weight excluding hydrogens is 453 g/mol. The summed E-state index contributed by atoms with van der Waals surface area (Å²) in [5.41, 5.74) is 2.05. The van der Waals surface area contributed by atoms with E-state index in [0.29, 0.717) is 39.6 Å². The maximum atomic E-state index is 13.6. The lowest BCUT2D eigenvalue weighted by Crippen LogP contribution is -2.26. The Hall–Kier alpha value is -3.21. The molecule has 1 aliphatic heterocycles. The van der Waals surface area contributed by atoms with Crippen molar-refractivity contribution in [1.29, 1.82) is 0 Å². The number of halogens is 1. The molecule has 0 spiro atoms. The first-order chi connectivity index (χ1) is 15.2. The second kappa shape index (κ2) is 8.73. The van der Waals surface area contributed by atoms with Gasteiger partial charge in [0.05, 0.1) is 16.1 Å². The van der Waals surface area contributed by atoms with Gasteiger partial charge in [0.1, 0.15) is 5.82 Å². The summed E-state index contributed by atoms with van der Waals surface area (Å²) < 4.78 is 36.2. The highest BCUT2D eigenvalue weighted by Crippen LogP contribution is 2.39. The fraction of sp³-hybridized carbons (Fsp3) is 0.0909. The van der Waals surface area contributed by atoms with E-state index in [1.54, 1.807) is 30.3 Å². The molecule has 0 saturated carbocycles. The van der Waals surface area contributed by atoms with Crippen LogP contribution in [0.4, 0.5) is 10.1 Å². The van der Waals surface area contributed by atoms with Crippen molar-refractivity contribution < 1.29 is 22.4 Å². The lowest BCUT2D eigenvalue weighted by molar-refractivity contribution is 0.0952. The van der Waals surface area contributed by atoms with Crippen molar-refractivity contribution in [3.05, 3.63) is 83.2 Å². The molecule has 0 aliphatic carbocycles. The molecule has 10 heteroatoms. The van der Waals surface area contributed by atoms with Gasteiger partial charge in [-0.05, 0) is 60.5 Å². The molecule has 4 N–H and O–H groups in total. The highest BCUT2D eigenvalue weighted by atomic mass is 32.2. The number of carbonyl (C=O) groups is 2. The summed E-state index contributed by atoms with van der Waals surface area (Å²) in [5, 5.41) is 10.7. The summed E-state index contributed by atoms with van der Waals surface area (Å²) in [7, 11) is -3.74. The molecule has 32 heavy (non-hydrogen) atoms. The van der Waals surface area contributed by atoms with E-state index in [-0.39, 0.29) is 16.7 Å². The summed E-state index contributed by atoms with van der Waals surface area (Å²) in [6.45, 7) is 0.330. The van der Waals surface area contributed by atoms with Gasteiger partial charge in [-0.1, -0.05) is 23.9 Å². The maximum Gasteiger partial charge on any atom is 0.256 e. The monoisotopic (exact) mass is 471 g/mol. The highest BCUT2D eigenvalue weighted by molar-refractivity contribution is 7.99. The average molecular weight is 472 g/mol. The third kappa shape index (κ3) is 4.82. The minimum Gasteiger partial charge on any atom is -0.352 e. The van der Waals surface area contributed by atoms with Gasteiger partial charge in [0.25, 0.3) is 11.8 Å². The second-order valence-electron chi connectivity index (χ2n) is 7.10. The molecule has 0 unspecified atom stereocenters. The molecule has 7 nitrogen and oxygen atoms in total. The van der Waals surface area contributed by atoms with Crippen molar-refractivity contribution in [3.63, 3.8) is 0 Å². The Morgan fingerprint density at radius 1 is 1.03 bits per heavy atom. The van der Waals surface area contributed by atoms with E-state index in [9.17, 15) is 22.4 Å². The molecule has 0 radical (unpaired) electrons. The molecule has 0 atom stereocenters. The second-order valence-corrected chi connectivity index (χ2v) is 9.75. The van der Waals surface area contributed by atoms with Crippen LogP contribution in [-0.2, 0) is 16.4 Å². The van der Waals surface area contributed by atoms with E-state index in [4.69, 9.17) is 5.14 Å². The first kappa shape index (κ1) is 22.0. The molecule has 1 heterocycles. The fourth-order valence-electron chi connectivity index (χ4n) is 3.20. The van der Waals surface area contributed by atoms with Crippen LogP contribution in [0.1, 0.15) is 26.3 Å². The third-order valence-electron chi connectivity index (χ3n) is 4.85. The van der Waals surface area contributed by atoms with Crippen LogP contribution in [-0.4, -0.2) is 26.8 Å². The van der Waals surface area contributed by atoms with E-state index < -0.39 is 15.8 Å². The molecule has 2 amide bonds. The molecule has 4 rings (SSSR count). The molecular formula is C22H18FN3O4S2. The van der Waals surface area contributed by atoms with Gasteiger partial charge in [-0.15, -0.1) is 0 Å². The number of rotatable bonds is 5. The number of amides is 2. The number of benzene rings is 3. The van der Waals surface area contributed by atoms with Gasteiger partial charge < -0.3 is 10.6 Å². The van der Waals surface area contributed by atoms with Crippen LogP contribution in [0.15, 0.2) is 75.4 Å². The zero-order valence-corrected chi connectivity index (χ0v) is 18.2. The summed E-state index contributed by atoms with van der Waals surface area (Å²) in [6.07, 6.45) is 0.495. The molecule has 0 bridgehead atoms. The van der Waals surface area contributed by atoms with Crippen LogP contribution in [0.25, 0.3) is 0 Å². The number of hydrogen-bond acceptors (Lipinski definition) is 5. The van der Waals surface area contributed by atoms with Crippen LogP contribution < -0.4 is 15.8 Å². The number of carbonyl (C=O) groups excluding carboxylic acids is 2. The Kier molecular flexibility index (Phi) is 6.00. The summed E-state index contributed by atoms with van der Waals surface area (Å²) in [6, 6.07) is 15.0. The number of anilines is 1. The van der Waals surface area contributed by atoms with Crippen molar-refractivity contribution in [2.45, 2.75) is 21.1 Å². The van der Waals surface area contributed by atoms with Gasteiger partial charge in [0, 0.05) is 21.9 Å². The smallest absolute Gasteiger partial charge is 0.256 e. The predicted molar refractivity (Wildman–Crippen MR) is 119 cm³/mol. The molecule has 3 aromatic carbocycles. The Morgan fingerprint density at radius 3 is 2.50 bits per heavy atom. The molecule has 0 fully saturated rings. The van der Waals surface area contributed by atoms with Gasteiger partial charge >= 0.3 is 0 Å². The Labute approximate surface area is 188 Å². The van der Waals surface area contributed by atoms with Crippen LogP contribution in [0.5, 0.6) is 0 Å². The van der Waals surface area contributed by atoms with Gasteiger partial charge in [-0.3, -0.25) is 9.59 Å². The first-order valence-corrected chi connectivity index (χ1v) is 11.9. The van der Waals surface area contributed by atoms with E-state index in [0.717, 1.165) is 5.56 Å². The van der Waals surface area contributed by atoms with E-state index in [1.807, 2.05) is 0 Å². The van der Waals surface area contributed by atoms with Gasteiger partial charge in [-0.2, -0.15) is 0 Å². The minimum atomic E-state index is -3.74. The number of hydrogen-bond donors (Lipinski definition) is 3. The zero-order valence-electron chi connectivity index (χ0n) is 16.6. The average Bonchev–Trinajstić information content (AvgIpc) is 2.88. The van der Waals surface area contributed by atoms with Crippen molar-refractivity contribution in [1.82, 2.24) is 5.32 Å². The quantitative estimate of drug-likeness (QED) is 0.528. The molecule has 0 aromatic heterocycles. The summed E-state index contributed by atoms with van der Waals surface area (Å²) in [4.78, 5) is 26.3. The topological polar surface area (TPSA) is 118 Å². The summed E-state index contributed by atoms with van der Waals surface area (Å²) in [5.74, 6) is -1.12. The van der Waals surface area contributed by atoms with Crippen LogP contribution in [0.2, 0.25) is 0 Å². The SMILES string of the molecule is NS(=O)(=O)c1ccc(CCNC(=O)c2ccc3c(c2)NC(=O)c2ccc(F)cc2S3)cc1. The number of sulfonamides is 1. The standard InChI is InChI=1S/C22H18FN3O4S2/c23-15-4-7-17-20(12-15)31-19-8-3-14(11-18(19)26-22(17)28)21(27)25-10-9-13-1-5-16(6-2-13)32(24,29)30/h1-8,11-12H,9-10H2,(H,25,27)(H,26,28)(H2,24,29,30).